The van der Waals surface area contributed by atoms with E-state index in [1.54, 1.807) is 26.1 Å². The number of nitrogens with zero attached hydrogens (tertiary/aromatic N) is 2. The number of aromatic nitrogens is 2. The Morgan fingerprint density at radius 3 is 2.80 bits per heavy atom. The van der Waals surface area contributed by atoms with E-state index in [0.717, 1.165) is 0 Å². The minimum atomic E-state index is -0.493. The predicted molar refractivity (Wildman–Crippen MR) is 73.5 cm³/mol. The summed E-state index contributed by atoms with van der Waals surface area (Å²) in [4.78, 5) is 20.1. The largest absolute Gasteiger partial charge is 0.398 e. The molecule has 0 fully saturated rings. The Morgan fingerprint density at radius 1 is 1.40 bits per heavy atom. The summed E-state index contributed by atoms with van der Waals surface area (Å²) >= 11 is 0. The molecule has 1 aromatic heterocycles. The van der Waals surface area contributed by atoms with Crippen molar-refractivity contribution in [2.45, 2.75) is 20.4 Å². The van der Waals surface area contributed by atoms with E-state index in [0.29, 0.717) is 17.1 Å². The lowest BCUT2D eigenvalue weighted by molar-refractivity contribution is 0.0950. The first-order chi connectivity index (χ1) is 9.47. The molecule has 2 rings (SSSR count). The highest BCUT2D eigenvalue weighted by Crippen LogP contribution is 2.17. The minimum absolute atomic E-state index is 0.191. The van der Waals surface area contributed by atoms with Crippen molar-refractivity contribution in [2.75, 3.05) is 5.73 Å². The van der Waals surface area contributed by atoms with Gasteiger partial charge < -0.3 is 11.1 Å². The first-order valence-electron chi connectivity index (χ1n) is 6.09. The van der Waals surface area contributed by atoms with E-state index in [-0.39, 0.29) is 17.8 Å². The van der Waals surface area contributed by atoms with E-state index in [2.05, 4.69) is 15.3 Å². The van der Waals surface area contributed by atoms with Crippen molar-refractivity contribution < 1.29 is 9.18 Å². The summed E-state index contributed by atoms with van der Waals surface area (Å²) in [6.07, 6.45) is 1.62. The molecule has 0 atom stereocenters. The Morgan fingerprint density at radius 2 is 2.15 bits per heavy atom. The van der Waals surface area contributed by atoms with Crippen LogP contribution in [0.3, 0.4) is 0 Å². The lowest BCUT2D eigenvalue weighted by Crippen LogP contribution is -2.24. The molecule has 1 amide bonds. The van der Waals surface area contributed by atoms with Gasteiger partial charge in [-0.05, 0) is 32.0 Å². The van der Waals surface area contributed by atoms with Crippen LogP contribution in [0, 0.1) is 19.7 Å². The number of carbonyl (C=O) groups excluding carboxylic acids is 1. The van der Waals surface area contributed by atoms with Crippen molar-refractivity contribution in [1.82, 2.24) is 15.3 Å². The Kier molecular flexibility index (Phi) is 3.93. The fourth-order valence-electron chi connectivity index (χ4n) is 1.71. The zero-order valence-corrected chi connectivity index (χ0v) is 11.3. The van der Waals surface area contributed by atoms with Crippen LogP contribution in [0.2, 0.25) is 0 Å². The molecule has 0 spiro atoms. The summed E-state index contributed by atoms with van der Waals surface area (Å²) in [6.45, 7) is 3.58. The molecule has 0 unspecified atom stereocenters. The van der Waals surface area contributed by atoms with Crippen molar-refractivity contribution in [3.8, 4) is 0 Å². The normalized spacial score (nSPS) is 10.3. The van der Waals surface area contributed by atoms with E-state index in [4.69, 9.17) is 5.73 Å². The van der Waals surface area contributed by atoms with E-state index < -0.39 is 11.7 Å². The standard InChI is InChI=1S/C14H15FN4O/c1-8-12(15)5-10(6-13(8)16)14(20)18-7-11-3-4-17-9(2)19-11/h3-6H,7,16H2,1-2H3,(H,18,20). The SMILES string of the molecule is Cc1nccc(CNC(=O)c2cc(N)c(C)c(F)c2)n1. The highest BCUT2D eigenvalue weighted by Gasteiger charge is 2.11. The minimum Gasteiger partial charge on any atom is -0.398 e. The third-order valence-electron chi connectivity index (χ3n) is 2.91. The van der Waals surface area contributed by atoms with Gasteiger partial charge in [-0.1, -0.05) is 0 Å². The first-order valence-corrected chi connectivity index (χ1v) is 6.09. The molecule has 3 N–H and O–H groups in total. The van der Waals surface area contributed by atoms with Gasteiger partial charge in [0.25, 0.3) is 5.91 Å². The summed E-state index contributed by atoms with van der Waals surface area (Å²) < 4.78 is 13.5. The number of benzene rings is 1. The van der Waals surface area contributed by atoms with Gasteiger partial charge in [0.15, 0.2) is 0 Å². The number of nitrogens with one attached hydrogen (secondary N) is 1. The number of anilines is 1. The van der Waals surface area contributed by atoms with Gasteiger partial charge in [0.1, 0.15) is 11.6 Å². The highest BCUT2D eigenvalue weighted by molar-refractivity contribution is 5.95. The quantitative estimate of drug-likeness (QED) is 0.835. The van der Waals surface area contributed by atoms with Crippen LogP contribution in [0.1, 0.15) is 27.4 Å². The number of nitrogens with two attached hydrogens (primary N) is 1. The van der Waals surface area contributed by atoms with Gasteiger partial charge in [-0.3, -0.25) is 4.79 Å². The van der Waals surface area contributed by atoms with Crippen LogP contribution in [0.4, 0.5) is 10.1 Å². The van der Waals surface area contributed by atoms with Gasteiger partial charge in [0, 0.05) is 23.0 Å². The summed E-state index contributed by atoms with van der Waals surface area (Å²) in [6, 6.07) is 4.34. The second-order valence-corrected chi connectivity index (χ2v) is 4.45. The number of hydrogen-bond acceptors (Lipinski definition) is 4. The number of amides is 1. The fraction of sp³-hybridized carbons (Fsp3) is 0.214. The molecule has 0 aliphatic carbocycles. The number of carbonyl (C=O) groups is 1. The van der Waals surface area contributed by atoms with Gasteiger partial charge >= 0.3 is 0 Å². The van der Waals surface area contributed by atoms with Gasteiger partial charge in [0.2, 0.25) is 0 Å². The third kappa shape index (κ3) is 3.09. The maximum Gasteiger partial charge on any atom is 0.251 e. The highest BCUT2D eigenvalue weighted by atomic mass is 19.1. The van der Waals surface area contributed by atoms with Crippen LogP contribution < -0.4 is 11.1 Å². The molecule has 20 heavy (non-hydrogen) atoms. The number of aryl methyl sites for hydroxylation is 1. The zero-order valence-electron chi connectivity index (χ0n) is 11.3. The number of hydrogen-bond donors (Lipinski definition) is 2. The smallest absolute Gasteiger partial charge is 0.251 e. The maximum absolute atomic E-state index is 13.5. The van der Waals surface area contributed by atoms with E-state index in [9.17, 15) is 9.18 Å². The molecule has 0 aliphatic rings. The van der Waals surface area contributed by atoms with Gasteiger partial charge in [0.05, 0.1) is 12.2 Å². The lowest BCUT2D eigenvalue weighted by Gasteiger charge is -2.08. The van der Waals surface area contributed by atoms with Gasteiger partial charge in [-0.2, -0.15) is 0 Å². The Hall–Kier alpha value is -2.50. The molecule has 0 bridgehead atoms. The van der Waals surface area contributed by atoms with Crippen LogP contribution in [0.5, 0.6) is 0 Å². The lowest BCUT2D eigenvalue weighted by atomic mass is 10.1. The Bertz CT molecular complexity index is 634. The summed E-state index contributed by atoms with van der Waals surface area (Å²) in [5.74, 6) is -0.262. The van der Waals surface area contributed by atoms with Gasteiger partial charge in [-0.15, -0.1) is 0 Å². The zero-order chi connectivity index (χ0) is 14.7. The molecule has 2 aromatic rings. The van der Waals surface area contributed by atoms with Crippen LogP contribution in [-0.2, 0) is 6.54 Å². The van der Waals surface area contributed by atoms with Crippen molar-refractivity contribution in [3.05, 3.63) is 52.9 Å². The van der Waals surface area contributed by atoms with Gasteiger partial charge in [-0.25, -0.2) is 14.4 Å². The summed E-state index contributed by atoms with van der Waals surface area (Å²) in [7, 11) is 0. The second kappa shape index (κ2) is 5.64. The predicted octanol–water partition coefficient (Wildman–Crippen LogP) is 1.74. The first kappa shape index (κ1) is 13.9. The topological polar surface area (TPSA) is 80.9 Å². The Balaban J connectivity index is 2.09. The van der Waals surface area contributed by atoms with Crippen LogP contribution in [-0.4, -0.2) is 15.9 Å². The van der Waals surface area contributed by atoms with Crippen LogP contribution in [0.25, 0.3) is 0 Å². The molecule has 0 aliphatic heterocycles. The number of nitrogen functional groups attached to an aromatic ring is 1. The van der Waals surface area contributed by atoms with Crippen molar-refractivity contribution in [1.29, 1.82) is 0 Å². The van der Waals surface area contributed by atoms with Crippen molar-refractivity contribution in [2.24, 2.45) is 0 Å². The van der Waals surface area contributed by atoms with Crippen molar-refractivity contribution >= 4 is 11.6 Å². The Labute approximate surface area is 116 Å². The average Bonchev–Trinajstić information content (AvgIpc) is 2.41. The fourth-order valence-corrected chi connectivity index (χ4v) is 1.71. The number of rotatable bonds is 3. The second-order valence-electron chi connectivity index (χ2n) is 4.45. The molecule has 1 heterocycles. The molecule has 5 nitrogen and oxygen atoms in total. The average molecular weight is 274 g/mol. The molecule has 104 valence electrons. The maximum atomic E-state index is 13.5. The molecular weight excluding hydrogens is 259 g/mol. The molecule has 1 aromatic carbocycles. The van der Waals surface area contributed by atoms with Crippen LogP contribution >= 0.6 is 0 Å². The molecular formula is C14H15FN4O. The van der Waals surface area contributed by atoms with E-state index in [1.807, 2.05) is 0 Å². The molecule has 0 saturated carbocycles. The summed E-state index contributed by atoms with van der Waals surface area (Å²) in [5.41, 5.74) is 7.12. The number of halogens is 1. The van der Waals surface area contributed by atoms with Crippen LogP contribution in [0.15, 0.2) is 24.4 Å². The van der Waals surface area contributed by atoms with E-state index >= 15 is 0 Å². The van der Waals surface area contributed by atoms with Crippen molar-refractivity contribution in [3.63, 3.8) is 0 Å². The summed E-state index contributed by atoms with van der Waals surface area (Å²) in [5, 5.41) is 2.66. The molecule has 0 saturated heterocycles. The van der Waals surface area contributed by atoms with E-state index in [1.165, 1.54) is 12.1 Å². The monoisotopic (exact) mass is 274 g/mol. The molecule has 6 heteroatoms. The third-order valence-corrected chi connectivity index (χ3v) is 2.91. The molecule has 0 radical (unpaired) electrons.